The van der Waals surface area contributed by atoms with E-state index in [0.29, 0.717) is 68.7 Å². The van der Waals surface area contributed by atoms with Crippen molar-refractivity contribution in [1.82, 2.24) is 19.9 Å². The Morgan fingerprint density at radius 3 is 2.54 bits per heavy atom. The lowest BCUT2D eigenvalue weighted by atomic mass is 10.2. The number of fused-ring (bicyclic) bond motifs is 1. The zero-order valence-corrected chi connectivity index (χ0v) is 15.4. The van der Waals surface area contributed by atoms with Crippen LogP contribution >= 0.6 is 11.3 Å². The standard InChI is InChI=1S/C17H20N4O4S/c1-11-10-13(19-25-11)16(22)20-4-2-12-14(3-5-20)26-15(18-12)17(23)21-6-8-24-9-7-21/h10H,2-9H2,1H3. The van der Waals surface area contributed by atoms with Crippen LogP contribution in [0, 0.1) is 6.92 Å². The molecule has 26 heavy (non-hydrogen) atoms. The molecule has 0 unspecified atom stereocenters. The van der Waals surface area contributed by atoms with Crippen molar-refractivity contribution in [3.63, 3.8) is 0 Å². The zero-order valence-electron chi connectivity index (χ0n) is 14.6. The van der Waals surface area contributed by atoms with Crippen molar-refractivity contribution < 1.29 is 18.8 Å². The molecule has 1 fully saturated rings. The number of thiazole rings is 1. The highest BCUT2D eigenvalue weighted by Gasteiger charge is 2.27. The summed E-state index contributed by atoms with van der Waals surface area (Å²) in [6.07, 6.45) is 1.34. The lowest BCUT2D eigenvalue weighted by Crippen LogP contribution is -2.40. The molecule has 0 aromatic carbocycles. The third-order valence-corrected chi connectivity index (χ3v) is 5.77. The SMILES string of the molecule is Cc1cc(C(=O)N2CCc3nc(C(=O)N4CCOCC4)sc3CC2)no1. The average molecular weight is 376 g/mol. The summed E-state index contributed by atoms with van der Waals surface area (Å²) in [5, 5.41) is 4.35. The molecule has 2 aliphatic heterocycles. The Morgan fingerprint density at radius 1 is 1.08 bits per heavy atom. The number of rotatable bonds is 2. The van der Waals surface area contributed by atoms with Crippen LogP contribution < -0.4 is 0 Å². The van der Waals surface area contributed by atoms with Gasteiger partial charge in [-0.15, -0.1) is 11.3 Å². The number of ether oxygens (including phenoxy) is 1. The molecule has 9 heteroatoms. The first-order chi connectivity index (χ1) is 12.6. The molecule has 0 radical (unpaired) electrons. The molecule has 2 aromatic heterocycles. The molecule has 0 spiro atoms. The highest BCUT2D eigenvalue weighted by atomic mass is 32.1. The summed E-state index contributed by atoms with van der Waals surface area (Å²) in [4.78, 5) is 34.4. The van der Waals surface area contributed by atoms with E-state index in [9.17, 15) is 9.59 Å². The summed E-state index contributed by atoms with van der Waals surface area (Å²) >= 11 is 1.45. The van der Waals surface area contributed by atoms with Gasteiger partial charge >= 0.3 is 0 Å². The van der Waals surface area contributed by atoms with Crippen molar-refractivity contribution in [1.29, 1.82) is 0 Å². The number of hydrogen-bond donors (Lipinski definition) is 0. The van der Waals surface area contributed by atoms with Crippen molar-refractivity contribution in [3.05, 3.63) is 33.1 Å². The van der Waals surface area contributed by atoms with Gasteiger partial charge in [-0.05, 0) is 6.92 Å². The van der Waals surface area contributed by atoms with Gasteiger partial charge in [0.15, 0.2) is 10.7 Å². The molecule has 1 saturated heterocycles. The topological polar surface area (TPSA) is 88.8 Å². The van der Waals surface area contributed by atoms with Gasteiger partial charge in [0.05, 0.1) is 18.9 Å². The van der Waals surface area contributed by atoms with Gasteiger partial charge in [0, 0.05) is 50.0 Å². The number of aryl methyl sites for hydroxylation is 1. The highest BCUT2D eigenvalue weighted by molar-refractivity contribution is 7.13. The lowest BCUT2D eigenvalue weighted by molar-refractivity contribution is 0.0302. The Kier molecular flexibility index (Phi) is 4.73. The number of nitrogens with zero attached hydrogens (tertiary/aromatic N) is 4. The van der Waals surface area contributed by atoms with Crippen molar-refractivity contribution in [2.45, 2.75) is 19.8 Å². The third kappa shape index (κ3) is 3.36. The molecular weight excluding hydrogens is 356 g/mol. The normalized spacial score (nSPS) is 17.7. The second kappa shape index (κ2) is 7.16. The lowest BCUT2D eigenvalue weighted by Gasteiger charge is -2.25. The zero-order chi connectivity index (χ0) is 18.1. The number of amides is 2. The summed E-state index contributed by atoms with van der Waals surface area (Å²) in [5.41, 5.74) is 1.27. The minimum absolute atomic E-state index is 0.0163. The van der Waals surface area contributed by atoms with Crippen LogP contribution in [-0.2, 0) is 17.6 Å². The predicted octanol–water partition coefficient (Wildman–Crippen LogP) is 1.15. The number of carbonyl (C=O) groups is 2. The van der Waals surface area contributed by atoms with Gasteiger partial charge in [0.25, 0.3) is 11.8 Å². The first-order valence-electron chi connectivity index (χ1n) is 8.70. The van der Waals surface area contributed by atoms with E-state index in [1.54, 1.807) is 22.8 Å². The molecule has 0 aliphatic carbocycles. The van der Waals surface area contributed by atoms with Crippen molar-refractivity contribution >= 4 is 23.2 Å². The molecule has 138 valence electrons. The average Bonchev–Trinajstić information content (AvgIpc) is 3.23. The quantitative estimate of drug-likeness (QED) is 0.781. The Bertz CT molecular complexity index is 799. The van der Waals surface area contributed by atoms with Crippen LogP contribution in [-0.4, -0.2) is 71.1 Å². The molecule has 0 saturated carbocycles. The molecule has 8 nitrogen and oxygen atoms in total. The van der Waals surface area contributed by atoms with Crippen LogP contribution in [0.4, 0.5) is 0 Å². The first kappa shape index (κ1) is 17.2. The molecule has 2 amide bonds. The number of hydrogen-bond acceptors (Lipinski definition) is 7. The summed E-state index contributed by atoms with van der Waals surface area (Å²) in [5.74, 6) is 0.481. The van der Waals surface area contributed by atoms with E-state index in [0.717, 1.165) is 10.6 Å². The largest absolute Gasteiger partial charge is 0.378 e. The van der Waals surface area contributed by atoms with Crippen LogP contribution in [0.5, 0.6) is 0 Å². The van der Waals surface area contributed by atoms with E-state index in [1.165, 1.54) is 11.3 Å². The van der Waals surface area contributed by atoms with E-state index in [-0.39, 0.29) is 11.8 Å². The van der Waals surface area contributed by atoms with Crippen LogP contribution in [0.3, 0.4) is 0 Å². The maximum absolute atomic E-state index is 12.6. The van der Waals surface area contributed by atoms with Crippen LogP contribution in [0.1, 0.15) is 36.6 Å². The maximum Gasteiger partial charge on any atom is 0.283 e. The minimum atomic E-state index is -0.124. The number of carbonyl (C=O) groups excluding carboxylic acids is 2. The van der Waals surface area contributed by atoms with Gasteiger partial charge < -0.3 is 19.1 Å². The first-order valence-corrected chi connectivity index (χ1v) is 9.51. The van der Waals surface area contributed by atoms with Crippen molar-refractivity contribution in [3.8, 4) is 0 Å². The smallest absolute Gasteiger partial charge is 0.283 e. The third-order valence-electron chi connectivity index (χ3n) is 4.62. The number of morpholine rings is 1. The Hall–Kier alpha value is -2.26. The van der Waals surface area contributed by atoms with E-state index in [4.69, 9.17) is 9.26 Å². The predicted molar refractivity (Wildman–Crippen MR) is 93.4 cm³/mol. The Labute approximate surface area is 154 Å². The second-order valence-electron chi connectivity index (χ2n) is 6.41. The molecule has 2 aliphatic rings. The van der Waals surface area contributed by atoms with Crippen LogP contribution in [0.2, 0.25) is 0 Å². The monoisotopic (exact) mass is 376 g/mol. The van der Waals surface area contributed by atoms with Gasteiger partial charge in [0.1, 0.15) is 5.76 Å². The summed E-state index contributed by atoms with van der Waals surface area (Å²) in [7, 11) is 0. The molecule has 0 atom stereocenters. The van der Waals surface area contributed by atoms with Gasteiger partial charge in [0.2, 0.25) is 0 Å². The summed E-state index contributed by atoms with van der Waals surface area (Å²) in [6.45, 7) is 5.30. The molecule has 4 heterocycles. The Morgan fingerprint density at radius 2 is 1.81 bits per heavy atom. The fraction of sp³-hybridized carbons (Fsp3) is 0.529. The second-order valence-corrected chi connectivity index (χ2v) is 7.49. The molecular formula is C17H20N4O4S. The van der Waals surface area contributed by atoms with Gasteiger partial charge in [-0.1, -0.05) is 5.16 Å². The molecule has 2 aromatic rings. The summed E-state index contributed by atoms with van der Waals surface area (Å²) < 4.78 is 10.3. The van der Waals surface area contributed by atoms with E-state index >= 15 is 0 Å². The number of aromatic nitrogens is 2. The van der Waals surface area contributed by atoms with E-state index in [2.05, 4.69) is 10.1 Å². The minimum Gasteiger partial charge on any atom is -0.378 e. The maximum atomic E-state index is 12.6. The van der Waals surface area contributed by atoms with E-state index < -0.39 is 0 Å². The molecule has 4 rings (SSSR count). The fourth-order valence-corrected chi connectivity index (χ4v) is 4.25. The summed E-state index contributed by atoms with van der Waals surface area (Å²) in [6, 6.07) is 1.65. The van der Waals surface area contributed by atoms with Gasteiger partial charge in [-0.2, -0.15) is 0 Å². The van der Waals surface area contributed by atoms with Crippen molar-refractivity contribution in [2.75, 3.05) is 39.4 Å². The van der Waals surface area contributed by atoms with Crippen LogP contribution in [0.25, 0.3) is 0 Å². The Balaban J connectivity index is 1.44. The molecule has 0 bridgehead atoms. The van der Waals surface area contributed by atoms with Crippen molar-refractivity contribution in [2.24, 2.45) is 0 Å². The van der Waals surface area contributed by atoms with Gasteiger partial charge in [-0.3, -0.25) is 9.59 Å². The molecule has 0 N–H and O–H groups in total. The van der Waals surface area contributed by atoms with Gasteiger partial charge in [-0.25, -0.2) is 4.98 Å². The fourth-order valence-electron chi connectivity index (χ4n) is 3.19. The highest BCUT2D eigenvalue weighted by Crippen LogP contribution is 2.25. The van der Waals surface area contributed by atoms with E-state index in [1.807, 2.05) is 0 Å². The van der Waals surface area contributed by atoms with Crippen LogP contribution in [0.15, 0.2) is 10.6 Å².